The summed E-state index contributed by atoms with van der Waals surface area (Å²) in [6, 6.07) is 6.41. The molecule has 0 aliphatic heterocycles. The van der Waals surface area contributed by atoms with E-state index >= 15 is 0 Å². The molecule has 0 aromatic heterocycles. The number of hydrogen-bond acceptors (Lipinski definition) is 3. The summed E-state index contributed by atoms with van der Waals surface area (Å²) in [6.07, 6.45) is 2.05. The van der Waals surface area contributed by atoms with Crippen molar-refractivity contribution in [3.63, 3.8) is 0 Å². The Labute approximate surface area is 117 Å². The van der Waals surface area contributed by atoms with Crippen molar-refractivity contribution in [1.29, 1.82) is 0 Å². The molecule has 1 aliphatic carbocycles. The molecule has 3 N–H and O–H groups in total. The molecule has 0 saturated heterocycles. The van der Waals surface area contributed by atoms with Gasteiger partial charge in [0.05, 0.1) is 0 Å². The summed E-state index contributed by atoms with van der Waals surface area (Å²) in [7, 11) is 0. The highest BCUT2D eigenvalue weighted by Crippen LogP contribution is 2.42. The number of benzene rings is 1. The van der Waals surface area contributed by atoms with Crippen LogP contribution in [0, 0.1) is 11.7 Å². The largest absolute Gasteiger partial charge is 0.368 e. The number of primary amides is 1. The van der Waals surface area contributed by atoms with Crippen LogP contribution in [0.1, 0.15) is 19.8 Å². The number of carbonyl (C=O) groups is 1. The highest BCUT2D eigenvalue weighted by molar-refractivity contribution is 7.99. The molecule has 3 nitrogen and oxygen atoms in total. The summed E-state index contributed by atoms with van der Waals surface area (Å²) >= 11 is 1.47. The number of hydrogen-bond donors (Lipinski definition) is 2. The van der Waals surface area contributed by atoms with E-state index in [1.54, 1.807) is 6.07 Å². The molecule has 0 heterocycles. The van der Waals surface area contributed by atoms with Crippen LogP contribution in [0.2, 0.25) is 0 Å². The van der Waals surface area contributed by atoms with Crippen LogP contribution in [0.3, 0.4) is 0 Å². The summed E-state index contributed by atoms with van der Waals surface area (Å²) in [5.41, 5.74) is 4.94. The molecular weight excluding hydrogens is 263 g/mol. The van der Waals surface area contributed by atoms with Gasteiger partial charge >= 0.3 is 0 Å². The summed E-state index contributed by atoms with van der Waals surface area (Å²) < 4.78 is 13.1. The zero-order valence-corrected chi connectivity index (χ0v) is 11.8. The van der Waals surface area contributed by atoms with Crippen molar-refractivity contribution in [2.75, 3.05) is 12.3 Å². The van der Waals surface area contributed by atoms with E-state index in [2.05, 4.69) is 5.32 Å². The van der Waals surface area contributed by atoms with Crippen LogP contribution in [0.25, 0.3) is 0 Å². The van der Waals surface area contributed by atoms with Crippen molar-refractivity contribution in [2.45, 2.75) is 30.2 Å². The number of amides is 1. The normalized spacial score (nSPS) is 18.0. The topological polar surface area (TPSA) is 55.1 Å². The minimum atomic E-state index is -0.661. The Morgan fingerprint density at radius 2 is 2.32 bits per heavy atom. The number of halogens is 1. The van der Waals surface area contributed by atoms with Crippen molar-refractivity contribution >= 4 is 17.7 Å². The fraction of sp³-hybridized carbons (Fsp3) is 0.500. The Morgan fingerprint density at radius 1 is 1.58 bits per heavy atom. The van der Waals surface area contributed by atoms with Gasteiger partial charge in [-0.3, -0.25) is 4.79 Å². The van der Waals surface area contributed by atoms with Crippen molar-refractivity contribution in [3.05, 3.63) is 30.1 Å². The first kappa shape index (κ1) is 14.3. The van der Waals surface area contributed by atoms with Crippen LogP contribution >= 0.6 is 11.8 Å². The predicted molar refractivity (Wildman–Crippen MR) is 75.5 cm³/mol. The molecule has 0 bridgehead atoms. The lowest BCUT2D eigenvalue weighted by molar-refractivity contribution is -0.124. The maximum atomic E-state index is 13.1. The van der Waals surface area contributed by atoms with Crippen LogP contribution in [0.15, 0.2) is 29.2 Å². The molecule has 5 heteroatoms. The molecule has 1 aliphatic rings. The average Bonchev–Trinajstić information content (AvgIpc) is 3.19. The molecule has 0 spiro atoms. The van der Waals surface area contributed by atoms with Crippen molar-refractivity contribution < 1.29 is 9.18 Å². The van der Waals surface area contributed by atoms with Crippen molar-refractivity contribution in [3.8, 4) is 0 Å². The second-order valence-corrected chi connectivity index (χ2v) is 5.94. The molecule has 0 radical (unpaired) electrons. The third-order valence-electron chi connectivity index (χ3n) is 3.47. The van der Waals surface area contributed by atoms with Gasteiger partial charge in [-0.05, 0) is 43.5 Å². The van der Waals surface area contributed by atoms with Gasteiger partial charge in [-0.2, -0.15) is 0 Å². The number of carbonyl (C=O) groups excluding carboxylic acids is 1. The SMILES string of the molecule is CCNC(CSc1cccc(F)c1)(C(N)=O)C1CC1. The lowest BCUT2D eigenvalue weighted by Crippen LogP contribution is -2.59. The maximum absolute atomic E-state index is 13.1. The predicted octanol–water partition coefficient (Wildman–Crippen LogP) is 2.16. The first-order valence-electron chi connectivity index (χ1n) is 6.52. The summed E-state index contributed by atoms with van der Waals surface area (Å²) in [6.45, 7) is 2.66. The van der Waals surface area contributed by atoms with Gasteiger partial charge in [0.1, 0.15) is 11.4 Å². The van der Waals surface area contributed by atoms with Gasteiger partial charge in [0.15, 0.2) is 0 Å². The summed E-state index contributed by atoms with van der Waals surface area (Å²) in [5, 5.41) is 3.25. The Morgan fingerprint density at radius 3 is 2.84 bits per heavy atom. The van der Waals surface area contributed by atoms with E-state index in [1.807, 2.05) is 13.0 Å². The molecule has 104 valence electrons. The smallest absolute Gasteiger partial charge is 0.238 e. The van der Waals surface area contributed by atoms with E-state index in [-0.39, 0.29) is 11.7 Å². The molecule has 1 unspecified atom stereocenters. The number of nitrogens with one attached hydrogen (secondary N) is 1. The van der Waals surface area contributed by atoms with Gasteiger partial charge in [0.25, 0.3) is 0 Å². The molecule has 1 aromatic carbocycles. The Hall–Kier alpha value is -1.07. The molecule has 2 rings (SSSR count). The monoisotopic (exact) mass is 282 g/mol. The van der Waals surface area contributed by atoms with E-state index in [1.165, 1.54) is 23.9 Å². The summed E-state index contributed by atoms with van der Waals surface area (Å²) in [4.78, 5) is 12.7. The number of likely N-dealkylation sites (N-methyl/N-ethyl adjacent to an activating group) is 1. The van der Waals surface area contributed by atoms with Crippen LogP contribution in [-0.2, 0) is 4.79 Å². The fourth-order valence-electron chi connectivity index (χ4n) is 2.32. The average molecular weight is 282 g/mol. The molecule has 1 fully saturated rings. The second kappa shape index (κ2) is 5.92. The van der Waals surface area contributed by atoms with Crippen LogP contribution in [-0.4, -0.2) is 23.7 Å². The lowest BCUT2D eigenvalue weighted by Gasteiger charge is -2.31. The highest BCUT2D eigenvalue weighted by atomic mass is 32.2. The van der Waals surface area contributed by atoms with E-state index < -0.39 is 5.54 Å². The second-order valence-electron chi connectivity index (χ2n) is 4.89. The zero-order valence-electron chi connectivity index (χ0n) is 11.0. The summed E-state index contributed by atoms with van der Waals surface area (Å²) in [5.74, 6) is 0.293. The van der Waals surface area contributed by atoms with Crippen LogP contribution in [0.5, 0.6) is 0 Å². The Kier molecular flexibility index (Phi) is 4.47. The first-order chi connectivity index (χ1) is 9.08. The van der Waals surface area contributed by atoms with E-state index in [4.69, 9.17) is 5.73 Å². The third kappa shape index (κ3) is 3.28. The first-order valence-corrected chi connectivity index (χ1v) is 7.50. The fourth-order valence-corrected chi connectivity index (χ4v) is 3.56. The van der Waals surface area contributed by atoms with Gasteiger partial charge in [0.2, 0.25) is 5.91 Å². The molecular formula is C14H19FN2OS. The minimum Gasteiger partial charge on any atom is -0.368 e. The molecule has 1 aromatic rings. The van der Waals surface area contributed by atoms with Crippen molar-refractivity contribution in [2.24, 2.45) is 11.7 Å². The maximum Gasteiger partial charge on any atom is 0.238 e. The van der Waals surface area contributed by atoms with E-state index in [0.717, 1.165) is 17.7 Å². The zero-order chi connectivity index (χ0) is 13.9. The van der Waals surface area contributed by atoms with E-state index in [9.17, 15) is 9.18 Å². The molecule has 1 amide bonds. The van der Waals surface area contributed by atoms with E-state index in [0.29, 0.717) is 18.2 Å². The highest BCUT2D eigenvalue weighted by Gasteiger charge is 2.49. The lowest BCUT2D eigenvalue weighted by atomic mass is 9.94. The number of nitrogens with two attached hydrogens (primary N) is 1. The van der Waals surface area contributed by atoms with Gasteiger partial charge < -0.3 is 11.1 Å². The Bertz CT molecular complexity index is 465. The van der Waals surface area contributed by atoms with Gasteiger partial charge in [-0.25, -0.2) is 4.39 Å². The minimum absolute atomic E-state index is 0.260. The van der Waals surface area contributed by atoms with Crippen molar-refractivity contribution in [1.82, 2.24) is 5.32 Å². The quantitative estimate of drug-likeness (QED) is 0.754. The van der Waals surface area contributed by atoms with Gasteiger partial charge in [-0.15, -0.1) is 11.8 Å². The number of rotatable bonds is 7. The van der Waals surface area contributed by atoms with Gasteiger partial charge in [-0.1, -0.05) is 13.0 Å². The third-order valence-corrected chi connectivity index (χ3v) is 4.66. The van der Waals surface area contributed by atoms with Crippen LogP contribution < -0.4 is 11.1 Å². The van der Waals surface area contributed by atoms with Gasteiger partial charge in [0, 0.05) is 10.6 Å². The standard InChI is InChI=1S/C14H19FN2OS/c1-2-17-14(13(16)18,10-6-7-10)9-19-12-5-3-4-11(15)8-12/h3-5,8,10,17H,2,6-7,9H2,1H3,(H2,16,18). The number of thioether (sulfide) groups is 1. The molecule has 19 heavy (non-hydrogen) atoms. The molecule has 1 atom stereocenters. The Balaban J connectivity index is 2.10. The van der Waals surface area contributed by atoms with Crippen LogP contribution in [0.4, 0.5) is 4.39 Å². The molecule has 1 saturated carbocycles.